The fraction of sp³-hybridized carbons (Fsp3) is 0.500. The van der Waals surface area contributed by atoms with Gasteiger partial charge < -0.3 is 14.7 Å². The molecule has 0 radical (unpaired) electrons. The predicted molar refractivity (Wildman–Crippen MR) is 73.4 cm³/mol. The zero-order chi connectivity index (χ0) is 13.7. The molecule has 19 heavy (non-hydrogen) atoms. The smallest absolute Gasteiger partial charge is 0.226 e. The first-order valence-corrected chi connectivity index (χ1v) is 6.87. The van der Waals surface area contributed by atoms with Crippen molar-refractivity contribution in [3.8, 4) is 5.75 Å². The monoisotopic (exact) mass is 283 g/mol. The molecule has 0 bridgehead atoms. The first kappa shape index (κ1) is 14.2. The van der Waals surface area contributed by atoms with Gasteiger partial charge in [-0.1, -0.05) is 17.7 Å². The second-order valence-electron chi connectivity index (χ2n) is 4.62. The minimum absolute atomic E-state index is 0.0151. The van der Waals surface area contributed by atoms with Crippen LogP contribution in [0.25, 0.3) is 0 Å². The lowest BCUT2D eigenvalue weighted by molar-refractivity contribution is -0.133. The Morgan fingerprint density at radius 1 is 1.53 bits per heavy atom. The van der Waals surface area contributed by atoms with Gasteiger partial charge in [0, 0.05) is 11.6 Å². The van der Waals surface area contributed by atoms with Crippen LogP contribution in [0.5, 0.6) is 5.75 Å². The molecular weight excluding hydrogens is 266 g/mol. The van der Waals surface area contributed by atoms with Crippen molar-refractivity contribution < 1.29 is 14.6 Å². The number of aliphatic hydroxyl groups excluding tert-OH is 1. The third-order valence-corrected chi connectivity index (χ3v) is 3.52. The second kappa shape index (κ2) is 6.78. The number of nitrogens with zero attached hydrogens (tertiary/aromatic N) is 1. The van der Waals surface area contributed by atoms with E-state index in [9.17, 15) is 9.90 Å². The summed E-state index contributed by atoms with van der Waals surface area (Å²) in [5.74, 6) is 0.707. The summed E-state index contributed by atoms with van der Waals surface area (Å²) in [7, 11) is 0. The van der Waals surface area contributed by atoms with E-state index in [2.05, 4.69) is 0 Å². The lowest BCUT2D eigenvalue weighted by Crippen LogP contribution is -2.38. The highest BCUT2D eigenvalue weighted by Gasteiger charge is 2.27. The summed E-state index contributed by atoms with van der Waals surface area (Å²) in [6.45, 7) is 1.11. The van der Waals surface area contributed by atoms with Crippen LogP contribution in [-0.2, 0) is 4.79 Å². The molecule has 1 atom stereocenters. The van der Waals surface area contributed by atoms with Crippen molar-refractivity contribution in [2.24, 2.45) is 0 Å². The van der Waals surface area contributed by atoms with Crippen molar-refractivity contribution in [3.63, 3.8) is 0 Å². The van der Waals surface area contributed by atoms with Gasteiger partial charge in [0.2, 0.25) is 5.91 Å². The van der Waals surface area contributed by atoms with Crippen LogP contribution >= 0.6 is 11.6 Å². The van der Waals surface area contributed by atoms with Crippen LogP contribution in [0.1, 0.15) is 19.3 Å². The van der Waals surface area contributed by atoms with E-state index < -0.39 is 0 Å². The Hall–Kier alpha value is -1.26. The highest BCUT2D eigenvalue weighted by molar-refractivity contribution is 6.30. The standard InChI is InChI=1S/C14H18ClNO3/c15-11-3-1-5-13(9-11)19-8-6-14(18)16-7-2-4-12(16)10-17/h1,3,5,9,12,17H,2,4,6-8,10H2. The van der Waals surface area contributed by atoms with Gasteiger partial charge >= 0.3 is 0 Å². The van der Waals surface area contributed by atoms with Gasteiger partial charge in [-0.2, -0.15) is 0 Å². The molecular formula is C14H18ClNO3. The van der Waals surface area contributed by atoms with E-state index in [-0.39, 0.29) is 18.6 Å². The lowest BCUT2D eigenvalue weighted by atomic mass is 10.2. The Balaban J connectivity index is 1.78. The van der Waals surface area contributed by atoms with Crippen molar-refractivity contribution in [2.75, 3.05) is 19.8 Å². The quantitative estimate of drug-likeness (QED) is 0.900. The molecule has 1 amide bonds. The first-order valence-electron chi connectivity index (χ1n) is 6.49. The molecule has 1 saturated heterocycles. The molecule has 0 spiro atoms. The molecule has 1 N–H and O–H groups in total. The van der Waals surface area contributed by atoms with Gasteiger partial charge in [0.05, 0.1) is 25.7 Å². The van der Waals surface area contributed by atoms with Gasteiger partial charge in [0.1, 0.15) is 5.75 Å². The molecule has 1 aliphatic rings. The van der Waals surface area contributed by atoms with Crippen LogP contribution in [0.3, 0.4) is 0 Å². The normalized spacial score (nSPS) is 18.6. The van der Waals surface area contributed by atoms with Gasteiger partial charge in [-0.15, -0.1) is 0 Å². The van der Waals surface area contributed by atoms with Crippen molar-refractivity contribution in [2.45, 2.75) is 25.3 Å². The highest BCUT2D eigenvalue weighted by Crippen LogP contribution is 2.19. The van der Waals surface area contributed by atoms with Crippen molar-refractivity contribution >= 4 is 17.5 Å². The number of carbonyl (C=O) groups excluding carboxylic acids is 1. The Labute approximate surface area is 117 Å². The minimum atomic E-state index is -0.0151. The molecule has 2 rings (SSSR count). The van der Waals surface area contributed by atoms with Crippen LogP contribution in [0.2, 0.25) is 5.02 Å². The molecule has 1 aromatic carbocycles. The molecule has 1 unspecified atom stereocenters. The molecule has 1 heterocycles. The number of amides is 1. The van der Waals surface area contributed by atoms with E-state index >= 15 is 0 Å². The summed E-state index contributed by atoms with van der Waals surface area (Å²) < 4.78 is 5.49. The Morgan fingerprint density at radius 2 is 2.37 bits per heavy atom. The van der Waals surface area contributed by atoms with Crippen LogP contribution in [0, 0.1) is 0 Å². The third-order valence-electron chi connectivity index (χ3n) is 3.29. The van der Waals surface area contributed by atoms with Crippen molar-refractivity contribution in [3.05, 3.63) is 29.3 Å². The van der Waals surface area contributed by atoms with Crippen LogP contribution in [-0.4, -0.2) is 41.7 Å². The number of likely N-dealkylation sites (tertiary alicyclic amines) is 1. The Bertz CT molecular complexity index is 438. The summed E-state index contributed by atoms with van der Waals surface area (Å²) >= 11 is 5.84. The lowest BCUT2D eigenvalue weighted by Gasteiger charge is -2.23. The first-order chi connectivity index (χ1) is 9.20. The van der Waals surface area contributed by atoms with Gasteiger partial charge in [0.15, 0.2) is 0 Å². The molecule has 0 aliphatic carbocycles. The maximum atomic E-state index is 12.0. The molecule has 1 fully saturated rings. The number of hydrogen-bond donors (Lipinski definition) is 1. The summed E-state index contributed by atoms with van der Waals surface area (Å²) in [5.41, 5.74) is 0. The summed E-state index contributed by atoms with van der Waals surface area (Å²) in [5, 5.41) is 9.79. The van der Waals surface area contributed by atoms with Gasteiger partial charge in [0.25, 0.3) is 0 Å². The topological polar surface area (TPSA) is 49.8 Å². The summed E-state index contributed by atoms with van der Waals surface area (Å²) in [6.07, 6.45) is 2.17. The van der Waals surface area contributed by atoms with E-state index in [1.807, 2.05) is 12.1 Å². The van der Waals surface area contributed by atoms with Crippen LogP contribution < -0.4 is 4.74 Å². The van der Waals surface area contributed by atoms with E-state index in [1.165, 1.54) is 0 Å². The number of carbonyl (C=O) groups is 1. The number of aliphatic hydroxyl groups is 1. The summed E-state index contributed by atoms with van der Waals surface area (Å²) in [4.78, 5) is 13.7. The van der Waals surface area contributed by atoms with Gasteiger partial charge in [-0.3, -0.25) is 4.79 Å². The van der Waals surface area contributed by atoms with Crippen LogP contribution in [0.4, 0.5) is 0 Å². The molecule has 0 saturated carbocycles. The zero-order valence-corrected chi connectivity index (χ0v) is 11.5. The molecule has 1 aromatic rings. The zero-order valence-electron chi connectivity index (χ0n) is 10.7. The second-order valence-corrected chi connectivity index (χ2v) is 5.06. The van der Waals surface area contributed by atoms with Gasteiger partial charge in [-0.25, -0.2) is 0 Å². The number of hydrogen-bond acceptors (Lipinski definition) is 3. The third kappa shape index (κ3) is 3.85. The maximum Gasteiger partial charge on any atom is 0.226 e. The Morgan fingerprint density at radius 3 is 3.11 bits per heavy atom. The fourth-order valence-electron chi connectivity index (χ4n) is 2.31. The van der Waals surface area contributed by atoms with Crippen LogP contribution in [0.15, 0.2) is 24.3 Å². The van der Waals surface area contributed by atoms with Crippen molar-refractivity contribution in [1.82, 2.24) is 4.90 Å². The predicted octanol–water partition coefficient (Wildman–Crippen LogP) is 2.09. The van der Waals surface area contributed by atoms with E-state index in [4.69, 9.17) is 16.3 Å². The van der Waals surface area contributed by atoms with E-state index in [1.54, 1.807) is 17.0 Å². The molecule has 104 valence electrons. The number of ether oxygens (including phenoxy) is 1. The molecule has 1 aliphatic heterocycles. The molecule has 0 aromatic heterocycles. The van der Waals surface area contributed by atoms with E-state index in [0.717, 1.165) is 19.4 Å². The molecule has 4 nitrogen and oxygen atoms in total. The number of halogens is 1. The SMILES string of the molecule is O=C(CCOc1cccc(Cl)c1)N1CCCC1CO. The van der Waals surface area contributed by atoms with Gasteiger partial charge in [-0.05, 0) is 31.0 Å². The fourth-order valence-corrected chi connectivity index (χ4v) is 2.49. The largest absolute Gasteiger partial charge is 0.493 e. The maximum absolute atomic E-state index is 12.0. The average Bonchev–Trinajstić information content (AvgIpc) is 2.87. The molecule has 5 heteroatoms. The average molecular weight is 284 g/mol. The highest BCUT2D eigenvalue weighted by atomic mass is 35.5. The van der Waals surface area contributed by atoms with E-state index in [0.29, 0.717) is 23.8 Å². The number of rotatable bonds is 5. The Kier molecular flexibility index (Phi) is 5.05. The number of benzene rings is 1. The summed E-state index contributed by atoms with van der Waals surface area (Å²) in [6, 6.07) is 7.09. The minimum Gasteiger partial charge on any atom is -0.493 e. The van der Waals surface area contributed by atoms with Crippen molar-refractivity contribution in [1.29, 1.82) is 0 Å².